The molecule has 2 aliphatic rings. The summed E-state index contributed by atoms with van der Waals surface area (Å²) in [5, 5.41) is 0. The minimum atomic E-state index is -0.246. The van der Waals surface area contributed by atoms with Gasteiger partial charge in [-0.05, 0) is 36.0 Å². The van der Waals surface area contributed by atoms with Crippen LogP contribution in [-0.2, 0) is 9.59 Å². The Morgan fingerprint density at radius 3 is 2.69 bits per heavy atom. The van der Waals surface area contributed by atoms with Gasteiger partial charge in [0.05, 0.1) is 12.5 Å². The van der Waals surface area contributed by atoms with E-state index in [4.69, 9.17) is 5.73 Å². The molecule has 6 heteroatoms. The van der Waals surface area contributed by atoms with Gasteiger partial charge in [0.2, 0.25) is 11.8 Å². The van der Waals surface area contributed by atoms with Crippen LogP contribution in [0.3, 0.4) is 0 Å². The predicted octanol–water partition coefficient (Wildman–Crippen LogP) is 2.96. The number of amides is 2. The van der Waals surface area contributed by atoms with E-state index in [1.165, 1.54) is 0 Å². The van der Waals surface area contributed by atoms with Crippen molar-refractivity contribution in [2.24, 2.45) is 11.7 Å². The van der Waals surface area contributed by atoms with Crippen molar-refractivity contribution in [1.29, 1.82) is 0 Å². The van der Waals surface area contributed by atoms with Gasteiger partial charge in [-0.1, -0.05) is 31.2 Å². The Morgan fingerprint density at radius 1 is 1.27 bits per heavy atom. The summed E-state index contributed by atoms with van der Waals surface area (Å²) < 4.78 is 0. The minimum absolute atomic E-state index is 0. The van der Waals surface area contributed by atoms with Crippen molar-refractivity contribution < 1.29 is 9.59 Å². The summed E-state index contributed by atoms with van der Waals surface area (Å²) in [6.45, 7) is 5.00. The summed E-state index contributed by atoms with van der Waals surface area (Å²) in [6, 6.07) is 7.82. The second-order valence-corrected chi connectivity index (χ2v) is 7.20. The fourth-order valence-corrected chi connectivity index (χ4v) is 4.00. The van der Waals surface area contributed by atoms with Crippen molar-refractivity contribution in [3.05, 3.63) is 41.6 Å². The molecule has 26 heavy (non-hydrogen) atoms. The van der Waals surface area contributed by atoms with Crippen LogP contribution in [0.1, 0.15) is 50.3 Å². The average molecular weight is 378 g/mol. The number of carbonyl (C=O) groups excluding carboxylic acids is 2. The first-order chi connectivity index (χ1) is 12.0. The molecule has 1 aromatic carbocycles. The van der Waals surface area contributed by atoms with Gasteiger partial charge < -0.3 is 15.5 Å². The van der Waals surface area contributed by atoms with E-state index < -0.39 is 0 Å². The quantitative estimate of drug-likeness (QED) is 0.880. The Bertz CT molecular complexity index is 691. The van der Waals surface area contributed by atoms with Crippen LogP contribution in [-0.4, -0.2) is 40.7 Å². The molecule has 0 bridgehead atoms. The van der Waals surface area contributed by atoms with Gasteiger partial charge in [0, 0.05) is 32.3 Å². The maximum absolute atomic E-state index is 13.0. The molecule has 3 atom stereocenters. The van der Waals surface area contributed by atoms with Crippen LogP contribution in [0.5, 0.6) is 0 Å². The van der Waals surface area contributed by atoms with E-state index in [0.29, 0.717) is 18.9 Å². The van der Waals surface area contributed by atoms with Crippen LogP contribution >= 0.6 is 12.4 Å². The second kappa shape index (κ2) is 8.69. The third kappa shape index (κ3) is 4.10. The number of benzene rings is 1. The molecule has 2 aliphatic heterocycles. The normalized spacial score (nSPS) is 24.7. The number of fused-ring (bicyclic) bond motifs is 1. The van der Waals surface area contributed by atoms with Crippen LogP contribution in [0.2, 0.25) is 0 Å². The zero-order chi connectivity index (χ0) is 18.0. The van der Waals surface area contributed by atoms with Crippen molar-refractivity contribution in [3.63, 3.8) is 0 Å². The second-order valence-electron chi connectivity index (χ2n) is 7.20. The van der Waals surface area contributed by atoms with E-state index in [1.807, 2.05) is 35.2 Å². The summed E-state index contributed by atoms with van der Waals surface area (Å²) in [7, 11) is 0. The highest BCUT2D eigenvalue weighted by atomic mass is 35.5. The molecular formula is C20H28ClN3O2. The molecule has 0 aromatic heterocycles. The lowest BCUT2D eigenvalue weighted by atomic mass is 9.90. The van der Waals surface area contributed by atoms with Gasteiger partial charge in [0.1, 0.15) is 0 Å². The van der Waals surface area contributed by atoms with Crippen LogP contribution in [0.15, 0.2) is 30.5 Å². The maximum atomic E-state index is 13.0. The molecule has 0 radical (unpaired) electrons. The van der Waals surface area contributed by atoms with Crippen molar-refractivity contribution in [1.82, 2.24) is 9.80 Å². The number of halogens is 1. The monoisotopic (exact) mass is 377 g/mol. The maximum Gasteiger partial charge on any atom is 0.225 e. The molecule has 5 nitrogen and oxygen atoms in total. The number of rotatable bonds is 3. The van der Waals surface area contributed by atoms with E-state index in [0.717, 1.165) is 30.5 Å². The van der Waals surface area contributed by atoms with E-state index in [2.05, 4.69) is 6.92 Å². The molecule has 1 fully saturated rings. The lowest BCUT2D eigenvalue weighted by Gasteiger charge is -2.40. The van der Waals surface area contributed by atoms with Crippen LogP contribution in [0.25, 0.3) is 6.08 Å². The van der Waals surface area contributed by atoms with E-state index in [9.17, 15) is 9.59 Å². The van der Waals surface area contributed by atoms with E-state index in [-0.39, 0.29) is 36.3 Å². The first-order valence-corrected chi connectivity index (χ1v) is 9.06. The van der Waals surface area contributed by atoms with Crippen molar-refractivity contribution >= 4 is 30.3 Å². The summed E-state index contributed by atoms with van der Waals surface area (Å²) in [4.78, 5) is 28.7. The summed E-state index contributed by atoms with van der Waals surface area (Å²) in [5.41, 5.74) is 8.01. The fourth-order valence-electron chi connectivity index (χ4n) is 4.00. The van der Waals surface area contributed by atoms with Crippen molar-refractivity contribution in [2.75, 3.05) is 13.1 Å². The lowest BCUT2D eigenvalue weighted by molar-refractivity contribution is -0.137. The van der Waals surface area contributed by atoms with Gasteiger partial charge in [-0.2, -0.15) is 0 Å². The zero-order valence-electron chi connectivity index (χ0n) is 15.4. The first kappa shape index (κ1) is 20.5. The highest BCUT2D eigenvalue weighted by Gasteiger charge is 2.33. The third-order valence-electron chi connectivity index (χ3n) is 5.41. The molecule has 1 aromatic rings. The van der Waals surface area contributed by atoms with Gasteiger partial charge in [0.15, 0.2) is 0 Å². The summed E-state index contributed by atoms with van der Waals surface area (Å²) >= 11 is 0. The highest BCUT2D eigenvalue weighted by Crippen LogP contribution is 2.34. The third-order valence-corrected chi connectivity index (χ3v) is 5.41. The van der Waals surface area contributed by atoms with Gasteiger partial charge >= 0.3 is 0 Å². The van der Waals surface area contributed by atoms with E-state index in [1.54, 1.807) is 18.0 Å². The number of carbonyl (C=O) groups is 2. The number of hydrogen-bond acceptors (Lipinski definition) is 3. The molecule has 3 unspecified atom stereocenters. The lowest BCUT2D eigenvalue weighted by Crippen LogP contribution is -2.50. The van der Waals surface area contributed by atoms with Crippen LogP contribution < -0.4 is 5.73 Å². The predicted molar refractivity (Wildman–Crippen MR) is 106 cm³/mol. The summed E-state index contributed by atoms with van der Waals surface area (Å²) in [5.74, 6) is 0.638. The molecule has 3 rings (SSSR count). The molecule has 0 spiro atoms. The minimum Gasteiger partial charge on any atom is -0.338 e. The van der Waals surface area contributed by atoms with E-state index >= 15 is 0 Å². The standard InChI is InChI=1S/C20H27N3O2.ClH/c1-14-7-9-23(17(11-14)13-21)20(25)12-19-18-6-4-3-5-16(18)8-10-22(19)15(2)24;/h3-6,8,10,14,17,19H,7,9,11-13,21H2,1-2H3;1H. The van der Waals surface area contributed by atoms with Gasteiger partial charge in [-0.3, -0.25) is 9.59 Å². The molecule has 2 heterocycles. The zero-order valence-corrected chi connectivity index (χ0v) is 16.2. The fraction of sp³-hybridized carbons (Fsp3) is 0.500. The topological polar surface area (TPSA) is 66.6 Å². The molecule has 2 amide bonds. The Balaban J connectivity index is 0.00000243. The molecule has 1 saturated heterocycles. The van der Waals surface area contributed by atoms with Crippen molar-refractivity contribution in [3.8, 4) is 0 Å². The van der Waals surface area contributed by atoms with Crippen LogP contribution in [0, 0.1) is 5.92 Å². The largest absolute Gasteiger partial charge is 0.338 e. The van der Waals surface area contributed by atoms with Crippen molar-refractivity contribution in [2.45, 2.75) is 45.2 Å². The number of nitrogens with two attached hydrogens (primary N) is 1. The number of piperidine rings is 1. The first-order valence-electron chi connectivity index (χ1n) is 9.06. The molecule has 2 N–H and O–H groups in total. The Kier molecular flexibility index (Phi) is 6.84. The SMILES string of the molecule is CC(=O)N1C=Cc2ccccc2C1CC(=O)N1CCC(C)CC1CN.Cl. The molecule has 142 valence electrons. The Morgan fingerprint density at radius 2 is 2.00 bits per heavy atom. The van der Waals surface area contributed by atoms with Gasteiger partial charge in [-0.15, -0.1) is 12.4 Å². The van der Waals surface area contributed by atoms with Gasteiger partial charge in [-0.25, -0.2) is 0 Å². The van der Waals surface area contributed by atoms with Crippen LogP contribution in [0.4, 0.5) is 0 Å². The molecule has 0 aliphatic carbocycles. The number of likely N-dealkylation sites (tertiary alicyclic amines) is 1. The molecular weight excluding hydrogens is 350 g/mol. The average Bonchev–Trinajstić information content (AvgIpc) is 2.61. The Hall–Kier alpha value is -1.85. The number of nitrogens with zero attached hydrogens (tertiary/aromatic N) is 2. The number of hydrogen-bond donors (Lipinski definition) is 1. The molecule has 0 saturated carbocycles. The summed E-state index contributed by atoms with van der Waals surface area (Å²) in [6.07, 6.45) is 6.00. The smallest absolute Gasteiger partial charge is 0.225 e. The highest BCUT2D eigenvalue weighted by molar-refractivity contribution is 5.85. The Labute approximate surface area is 161 Å². The van der Waals surface area contributed by atoms with Gasteiger partial charge in [0.25, 0.3) is 0 Å².